The molecule has 1 aliphatic heterocycles. The molecule has 0 N–H and O–H groups in total. The summed E-state index contributed by atoms with van der Waals surface area (Å²) in [5.74, 6) is 1.56. The molecular weight excluding hydrogens is 256 g/mol. The molecule has 1 unspecified atom stereocenters. The lowest BCUT2D eigenvalue weighted by Crippen LogP contribution is -2.20. The Morgan fingerprint density at radius 2 is 1.90 bits per heavy atom. The van der Waals surface area contributed by atoms with Crippen LogP contribution in [0.1, 0.15) is 23.7 Å². The summed E-state index contributed by atoms with van der Waals surface area (Å²) >= 11 is 0. The van der Waals surface area contributed by atoms with E-state index in [-0.39, 0.29) is 24.1 Å². The molecule has 1 aromatic carbocycles. The second-order valence-corrected chi connectivity index (χ2v) is 5.33. The highest BCUT2D eigenvalue weighted by Gasteiger charge is 2.43. The molecule has 0 radical (unpaired) electrons. The number of carbonyl (C=O) groups excluding carboxylic acids is 1. The first-order valence-electron chi connectivity index (χ1n) is 6.61. The van der Waals surface area contributed by atoms with Gasteiger partial charge in [0.2, 0.25) is 6.79 Å². The average molecular weight is 270 g/mol. The van der Waals surface area contributed by atoms with Crippen LogP contribution in [0.15, 0.2) is 36.4 Å². The Bertz CT molecular complexity index is 641. The van der Waals surface area contributed by atoms with Gasteiger partial charge >= 0.3 is 0 Å². The second kappa shape index (κ2) is 3.96. The van der Waals surface area contributed by atoms with Gasteiger partial charge in [0.15, 0.2) is 17.3 Å². The van der Waals surface area contributed by atoms with Gasteiger partial charge in [-0.15, -0.1) is 0 Å². The Morgan fingerprint density at radius 1 is 1.20 bits per heavy atom. The Kier molecular flexibility index (Phi) is 2.32. The summed E-state index contributed by atoms with van der Waals surface area (Å²) in [6.07, 6.45) is 7.99. The van der Waals surface area contributed by atoms with Crippen molar-refractivity contribution >= 4 is 5.78 Å². The third kappa shape index (κ3) is 1.48. The summed E-state index contributed by atoms with van der Waals surface area (Å²) in [7, 11) is 1.71. The summed E-state index contributed by atoms with van der Waals surface area (Å²) < 4.78 is 16.5. The van der Waals surface area contributed by atoms with Gasteiger partial charge in [-0.25, -0.2) is 0 Å². The molecule has 4 nitrogen and oxygen atoms in total. The molecule has 0 aromatic heterocycles. The Balaban J connectivity index is 1.90. The fraction of sp³-hybridized carbons (Fsp3) is 0.312. The zero-order valence-electron chi connectivity index (χ0n) is 11.1. The molecule has 3 aliphatic rings. The standard InChI is InChI=1S/C16H14O4/c1-18-15-8-16(4-2-10(17)3-5-16)12-7-14-13(6-11(12)15)19-9-20-14/h2-7,15H,8-9H2,1H3. The van der Waals surface area contributed by atoms with Crippen LogP contribution >= 0.6 is 0 Å². The zero-order chi connectivity index (χ0) is 13.7. The summed E-state index contributed by atoms with van der Waals surface area (Å²) in [5.41, 5.74) is 1.97. The van der Waals surface area contributed by atoms with E-state index in [0.29, 0.717) is 0 Å². The summed E-state index contributed by atoms with van der Waals surface area (Å²) in [6, 6.07) is 4.01. The van der Waals surface area contributed by atoms with Gasteiger partial charge in [0, 0.05) is 12.5 Å². The number of ketones is 1. The van der Waals surface area contributed by atoms with E-state index in [1.807, 2.05) is 24.3 Å². The van der Waals surface area contributed by atoms with Crippen LogP contribution in [-0.4, -0.2) is 19.7 Å². The lowest BCUT2D eigenvalue weighted by molar-refractivity contribution is -0.110. The van der Waals surface area contributed by atoms with Crippen LogP contribution in [0.5, 0.6) is 11.5 Å². The van der Waals surface area contributed by atoms with Crippen molar-refractivity contribution in [2.45, 2.75) is 17.9 Å². The first kappa shape index (κ1) is 11.7. The molecule has 2 aliphatic carbocycles. The number of allylic oxidation sites excluding steroid dienone is 4. The number of fused-ring (bicyclic) bond motifs is 3. The molecule has 0 saturated carbocycles. The van der Waals surface area contributed by atoms with E-state index >= 15 is 0 Å². The van der Waals surface area contributed by atoms with Crippen LogP contribution in [0.4, 0.5) is 0 Å². The number of benzene rings is 1. The van der Waals surface area contributed by atoms with Gasteiger partial charge in [0.25, 0.3) is 0 Å². The van der Waals surface area contributed by atoms with Crippen molar-refractivity contribution in [2.24, 2.45) is 0 Å². The number of rotatable bonds is 1. The Morgan fingerprint density at radius 3 is 2.60 bits per heavy atom. The maximum atomic E-state index is 11.4. The van der Waals surface area contributed by atoms with Crippen LogP contribution < -0.4 is 9.47 Å². The van der Waals surface area contributed by atoms with E-state index in [4.69, 9.17) is 14.2 Å². The topological polar surface area (TPSA) is 44.8 Å². The molecule has 1 heterocycles. The van der Waals surface area contributed by atoms with Crippen LogP contribution in [0.25, 0.3) is 0 Å². The molecular formula is C16H14O4. The van der Waals surface area contributed by atoms with Gasteiger partial charge in [-0.3, -0.25) is 4.79 Å². The molecule has 1 aromatic rings. The number of hydrogen-bond acceptors (Lipinski definition) is 4. The molecule has 4 rings (SSSR count). The minimum atomic E-state index is -0.273. The van der Waals surface area contributed by atoms with Gasteiger partial charge < -0.3 is 14.2 Å². The van der Waals surface area contributed by atoms with Gasteiger partial charge in [-0.05, 0) is 41.8 Å². The summed E-state index contributed by atoms with van der Waals surface area (Å²) in [4.78, 5) is 11.4. The van der Waals surface area contributed by atoms with Gasteiger partial charge in [0.05, 0.1) is 6.10 Å². The maximum absolute atomic E-state index is 11.4. The van der Waals surface area contributed by atoms with Crippen molar-refractivity contribution in [1.82, 2.24) is 0 Å². The molecule has 20 heavy (non-hydrogen) atoms. The van der Waals surface area contributed by atoms with Crippen molar-refractivity contribution in [3.63, 3.8) is 0 Å². The van der Waals surface area contributed by atoms with E-state index < -0.39 is 0 Å². The van der Waals surface area contributed by atoms with E-state index in [9.17, 15) is 4.79 Å². The van der Waals surface area contributed by atoms with E-state index in [1.165, 1.54) is 0 Å². The minimum Gasteiger partial charge on any atom is -0.454 e. The van der Waals surface area contributed by atoms with Crippen LogP contribution in [0, 0.1) is 0 Å². The third-order valence-electron chi connectivity index (χ3n) is 4.29. The van der Waals surface area contributed by atoms with E-state index in [0.717, 1.165) is 29.0 Å². The molecule has 1 spiro atoms. The molecule has 0 amide bonds. The van der Waals surface area contributed by atoms with E-state index in [2.05, 4.69) is 0 Å². The fourth-order valence-electron chi connectivity index (χ4n) is 3.25. The van der Waals surface area contributed by atoms with Crippen LogP contribution in [0.2, 0.25) is 0 Å². The number of methoxy groups -OCH3 is 1. The number of ether oxygens (including phenoxy) is 3. The Hall–Kier alpha value is -2.07. The molecule has 4 heteroatoms. The highest BCUT2D eigenvalue weighted by Crippen LogP contribution is 2.52. The summed E-state index contributed by atoms with van der Waals surface area (Å²) in [6.45, 7) is 0.257. The maximum Gasteiger partial charge on any atom is 0.231 e. The Labute approximate surface area is 116 Å². The van der Waals surface area contributed by atoms with Crippen molar-refractivity contribution in [3.8, 4) is 11.5 Å². The molecule has 102 valence electrons. The lowest BCUT2D eigenvalue weighted by atomic mass is 9.78. The number of hydrogen-bond donors (Lipinski definition) is 0. The SMILES string of the molecule is COC1CC2(C=CC(=O)C=C2)c2cc3c(cc21)OCO3. The highest BCUT2D eigenvalue weighted by atomic mass is 16.7. The van der Waals surface area contributed by atoms with Crippen molar-refractivity contribution in [1.29, 1.82) is 0 Å². The predicted octanol–water partition coefficient (Wildman–Crippen LogP) is 2.44. The van der Waals surface area contributed by atoms with Gasteiger partial charge in [-0.1, -0.05) is 12.2 Å². The zero-order valence-corrected chi connectivity index (χ0v) is 11.1. The quantitative estimate of drug-likeness (QED) is 0.786. The fourth-order valence-corrected chi connectivity index (χ4v) is 3.25. The second-order valence-electron chi connectivity index (χ2n) is 5.33. The van der Waals surface area contributed by atoms with Crippen LogP contribution in [-0.2, 0) is 14.9 Å². The monoisotopic (exact) mass is 270 g/mol. The highest BCUT2D eigenvalue weighted by molar-refractivity contribution is 6.01. The molecule has 0 fully saturated rings. The van der Waals surface area contributed by atoms with Crippen molar-refractivity contribution in [3.05, 3.63) is 47.6 Å². The minimum absolute atomic E-state index is 0.00185. The van der Waals surface area contributed by atoms with Crippen LogP contribution in [0.3, 0.4) is 0 Å². The van der Waals surface area contributed by atoms with Crippen molar-refractivity contribution < 1.29 is 19.0 Å². The first-order chi connectivity index (χ1) is 9.72. The third-order valence-corrected chi connectivity index (χ3v) is 4.29. The number of carbonyl (C=O) groups is 1. The summed E-state index contributed by atoms with van der Waals surface area (Å²) in [5, 5.41) is 0. The lowest BCUT2D eigenvalue weighted by Gasteiger charge is -2.25. The normalized spacial score (nSPS) is 24.4. The average Bonchev–Trinajstić information content (AvgIpc) is 3.03. The molecule has 1 atom stereocenters. The van der Waals surface area contributed by atoms with Gasteiger partial charge in [-0.2, -0.15) is 0 Å². The largest absolute Gasteiger partial charge is 0.454 e. The van der Waals surface area contributed by atoms with Crippen molar-refractivity contribution in [2.75, 3.05) is 13.9 Å². The van der Waals surface area contributed by atoms with E-state index in [1.54, 1.807) is 19.3 Å². The first-order valence-corrected chi connectivity index (χ1v) is 6.61. The smallest absolute Gasteiger partial charge is 0.231 e. The molecule has 0 bridgehead atoms. The van der Waals surface area contributed by atoms with Gasteiger partial charge in [0.1, 0.15) is 0 Å². The molecule has 0 saturated heterocycles. The predicted molar refractivity (Wildman–Crippen MR) is 71.9 cm³/mol.